The fourth-order valence-electron chi connectivity index (χ4n) is 6.13. The highest BCUT2D eigenvalue weighted by Gasteiger charge is 2.37. The van der Waals surface area contributed by atoms with E-state index in [1.807, 2.05) is 6.07 Å². The average molecular weight is 518 g/mol. The van der Waals surface area contributed by atoms with Crippen LogP contribution >= 0.6 is 0 Å². The molecule has 0 bridgehead atoms. The van der Waals surface area contributed by atoms with Crippen LogP contribution in [0, 0.1) is 17.6 Å². The number of fused-ring (bicyclic) bond motifs is 3. The smallest absolute Gasteiger partial charge is 0.307 e. The summed E-state index contributed by atoms with van der Waals surface area (Å²) in [5, 5.41) is 9.96. The lowest BCUT2D eigenvalue weighted by Crippen LogP contribution is -2.26. The molecule has 1 aromatic heterocycles. The highest BCUT2D eigenvalue weighted by molar-refractivity contribution is 5.86. The van der Waals surface area contributed by atoms with Crippen molar-refractivity contribution in [1.82, 2.24) is 4.90 Å². The van der Waals surface area contributed by atoms with E-state index in [1.165, 1.54) is 0 Å². The number of likely N-dealkylation sites (tertiary alicyclic amines) is 1. The van der Waals surface area contributed by atoms with E-state index in [9.17, 15) is 9.90 Å². The summed E-state index contributed by atoms with van der Waals surface area (Å²) < 4.78 is 48.6. The van der Waals surface area contributed by atoms with E-state index in [0.717, 1.165) is 12.0 Å². The first kappa shape index (κ1) is 23.2. The lowest BCUT2D eigenvalue weighted by molar-refractivity contribution is -0.141. The molecule has 194 valence electrons. The van der Waals surface area contributed by atoms with Gasteiger partial charge >= 0.3 is 5.97 Å². The maximum atomic E-state index is 15.8. The second-order valence-electron chi connectivity index (χ2n) is 10.2. The van der Waals surface area contributed by atoms with Gasteiger partial charge in [0.1, 0.15) is 24.8 Å². The highest BCUT2D eigenvalue weighted by atomic mass is 19.1. The Morgan fingerprint density at radius 2 is 1.76 bits per heavy atom. The summed E-state index contributed by atoms with van der Waals surface area (Å²) in [4.78, 5) is 13.6. The van der Waals surface area contributed by atoms with Gasteiger partial charge in [-0.15, -0.1) is 0 Å². The summed E-state index contributed by atoms with van der Waals surface area (Å²) in [5.41, 5.74) is 2.86. The second-order valence-corrected chi connectivity index (χ2v) is 10.2. The lowest BCUT2D eigenvalue weighted by atomic mass is 10.00. The molecule has 1 fully saturated rings. The van der Waals surface area contributed by atoms with E-state index in [2.05, 4.69) is 4.90 Å². The highest BCUT2D eigenvalue weighted by Crippen LogP contribution is 2.44. The predicted molar refractivity (Wildman–Crippen MR) is 136 cm³/mol. The standard InChI is InChI=1S/C30H25F2NO5/c31-27-19(16-4-7-24-26(13-16)37-11-10-36-24)2-1-3-21(27)25-14-18-12-22-20(28(32)29(18)38-25)5-6-23(22)33-9-8-17(15-33)30(34)35/h1-4,7,12-14,17,23H,5-6,8-11,15H2,(H,34,35)/t17-,23-/m1/s1. The van der Waals surface area contributed by atoms with Gasteiger partial charge in [0.25, 0.3) is 0 Å². The van der Waals surface area contributed by atoms with Gasteiger partial charge in [-0.1, -0.05) is 18.2 Å². The zero-order valence-corrected chi connectivity index (χ0v) is 20.5. The minimum atomic E-state index is -0.785. The van der Waals surface area contributed by atoms with E-state index in [1.54, 1.807) is 42.5 Å². The van der Waals surface area contributed by atoms with Crippen molar-refractivity contribution in [3.05, 3.63) is 71.3 Å². The Bertz CT molecular complexity index is 1600. The summed E-state index contributed by atoms with van der Waals surface area (Å²) >= 11 is 0. The molecule has 2 aliphatic heterocycles. The van der Waals surface area contributed by atoms with Gasteiger partial charge in [0, 0.05) is 23.5 Å². The third-order valence-corrected chi connectivity index (χ3v) is 8.04. The number of aliphatic carboxylic acids is 1. The van der Waals surface area contributed by atoms with Gasteiger partial charge in [-0.2, -0.15) is 0 Å². The summed E-state index contributed by atoms with van der Waals surface area (Å²) in [7, 11) is 0. The number of hydrogen-bond acceptors (Lipinski definition) is 5. The van der Waals surface area contributed by atoms with Crippen LogP contribution in [0.5, 0.6) is 11.5 Å². The molecule has 3 aromatic carbocycles. The molecule has 0 spiro atoms. The SMILES string of the molecule is O=C(O)[C@@H]1CCN([C@@H]2CCc3c2cc2cc(-c4cccc(-c5ccc6c(c5)OCCO6)c4F)oc2c3F)C1. The summed E-state index contributed by atoms with van der Waals surface area (Å²) in [6, 6.07) is 14.0. The van der Waals surface area contributed by atoms with Gasteiger partial charge in [-0.05, 0) is 72.8 Å². The van der Waals surface area contributed by atoms with Crippen LogP contribution in [-0.2, 0) is 11.2 Å². The molecular weight excluding hydrogens is 492 g/mol. The third-order valence-electron chi connectivity index (χ3n) is 8.04. The molecule has 0 radical (unpaired) electrons. The molecule has 4 aromatic rings. The molecule has 6 nitrogen and oxygen atoms in total. The van der Waals surface area contributed by atoms with Crippen molar-refractivity contribution in [1.29, 1.82) is 0 Å². The number of hydrogen-bond donors (Lipinski definition) is 1. The Morgan fingerprint density at radius 1 is 0.947 bits per heavy atom. The van der Waals surface area contributed by atoms with Crippen LogP contribution in [-0.4, -0.2) is 42.3 Å². The van der Waals surface area contributed by atoms with Crippen LogP contribution in [0.1, 0.15) is 30.0 Å². The zero-order valence-electron chi connectivity index (χ0n) is 20.5. The Hall–Kier alpha value is -3.91. The van der Waals surface area contributed by atoms with E-state index < -0.39 is 23.5 Å². The number of halogens is 2. The van der Waals surface area contributed by atoms with E-state index in [-0.39, 0.29) is 22.9 Å². The maximum Gasteiger partial charge on any atom is 0.307 e. The van der Waals surface area contributed by atoms with Crippen molar-refractivity contribution in [2.45, 2.75) is 25.3 Å². The normalized spacial score (nSPS) is 20.7. The number of furan rings is 1. The van der Waals surface area contributed by atoms with E-state index >= 15 is 8.78 Å². The molecule has 1 N–H and O–H groups in total. The molecule has 0 saturated carbocycles. The predicted octanol–water partition coefficient (Wildman–Crippen LogP) is 6.21. The number of carbonyl (C=O) groups is 1. The number of nitrogens with zero attached hydrogens (tertiary/aromatic N) is 1. The molecule has 1 aliphatic carbocycles. The number of benzene rings is 3. The number of carboxylic acids is 1. The van der Waals surface area contributed by atoms with Crippen LogP contribution in [0.2, 0.25) is 0 Å². The Labute approximate surface area is 217 Å². The van der Waals surface area contributed by atoms with Gasteiger partial charge in [0.2, 0.25) is 0 Å². The zero-order chi connectivity index (χ0) is 26.0. The molecule has 3 aliphatic rings. The van der Waals surface area contributed by atoms with Crippen molar-refractivity contribution in [2.75, 3.05) is 26.3 Å². The average Bonchev–Trinajstić information content (AvgIpc) is 3.67. The van der Waals surface area contributed by atoms with Crippen molar-refractivity contribution in [3.8, 4) is 33.9 Å². The first-order valence-electron chi connectivity index (χ1n) is 12.9. The van der Waals surface area contributed by atoms with Crippen molar-refractivity contribution >= 4 is 16.9 Å². The number of ether oxygens (including phenoxy) is 2. The van der Waals surface area contributed by atoms with Crippen LogP contribution in [0.15, 0.2) is 52.9 Å². The first-order valence-corrected chi connectivity index (χ1v) is 12.9. The first-order chi connectivity index (χ1) is 18.5. The molecule has 3 heterocycles. The van der Waals surface area contributed by atoms with Crippen LogP contribution in [0.25, 0.3) is 33.4 Å². The fourth-order valence-corrected chi connectivity index (χ4v) is 6.13. The minimum Gasteiger partial charge on any atom is -0.486 e. The van der Waals surface area contributed by atoms with E-state index in [4.69, 9.17) is 13.9 Å². The third kappa shape index (κ3) is 3.66. The van der Waals surface area contributed by atoms with Crippen LogP contribution < -0.4 is 9.47 Å². The summed E-state index contributed by atoms with van der Waals surface area (Å²) in [6.45, 7) is 2.05. The van der Waals surface area contributed by atoms with Gasteiger partial charge in [0.05, 0.1) is 11.5 Å². The Balaban J connectivity index is 1.25. The molecule has 38 heavy (non-hydrogen) atoms. The molecule has 1 saturated heterocycles. The van der Waals surface area contributed by atoms with Crippen molar-refractivity contribution < 1.29 is 32.6 Å². The largest absolute Gasteiger partial charge is 0.486 e. The van der Waals surface area contributed by atoms with Crippen molar-refractivity contribution in [3.63, 3.8) is 0 Å². The fraction of sp³-hybridized carbons (Fsp3) is 0.300. The molecule has 0 amide bonds. The van der Waals surface area contributed by atoms with Crippen LogP contribution in [0.3, 0.4) is 0 Å². The van der Waals surface area contributed by atoms with E-state index in [0.29, 0.717) is 72.7 Å². The van der Waals surface area contributed by atoms with Gasteiger partial charge in [-0.25, -0.2) is 8.78 Å². The van der Waals surface area contributed by atoms with Crippen molar-refractivity contribution in [2.24, 2.45) is 5.92 Å². The van der Waals surface area contributed by atoms with Crippen LogP contribution in [0.4, 0.5) is 8.78 Å². The molecule has 8 heteroatoms. The maximum absolute atomic E-state index is 15.8. The quantitative estimate of drug-likeness (QED) is 0.347. The molecular formula is C30H25F2NO5. The van der Waals surface area contributed by atoms with Gasteiger partial charge in [0.15, 0.2) is 22.9 Å². The topological polar surface area (TPSA) is 72.1 Å². The molecule has 0 unspecified atom stereocenters. The minimum absolute atomic E-state index is 0.0260. The summed E-state index contributed by atoms with van der Waals surface area (Å²) in [6.07, 6.45) is 1.89. The lowest BCUT2D eigenvalue weighted by Gasteiger charge is -2.24. The monoisotopic (exact) mass is 517 g/mol. The number of carboxylic acid groups (broad SMARTS) is 1. The molecule has 2 atom stereocenters. The summed E-state index contributed by atoms with van der Waals surface area (Å²) in [5.74, 6) is -0.605. The van der Waals surface area contributed by atoms with Gasteiger partial charge < -0.3 is 19.0 Å². The molecule has 7 rings (SSSR count). The Morgan fingerprint density at radius 3 is 2.58 bits per heavy atom. The second kappa shape index (κ2) is 8.84. The number of rotatable bonds is 4. The van der Waals surface area contributed by atoms with Gasteiger partial charge in [-0.3, -0.25) is 9.69 Å². The Kier molecular flexibility index (Phi) is 5.40.